The minimum atomic E-state index is -3.44. The van der Waals surface area contributed by atoms with E-state index in [1.807, 2.05) is 0 Å². The molecule has 0 aromatic rings. The highest BCUT2D eigenvalue weighted by Crippen LogP contribution is 2.21. The van der Waals surface area contributed by atoms with Crippen LogP contribution in [0.3, 0.4) is 0 Å². The minimum absolute atomic E-state index is 0.236. The van der Waals surface area contributed by atoms with Gasteiger partial charge >= 0.3 is 0 Å². The summed E-state index contributed by atoms with van der Waals surface area (Å²) in [5.41, 5.74) is 0. The van der Waals surface area contributed by atoms with Crippen LogP contribution in [0.25, 0.3) is 0 Å². The van der Waals surface area contributed by atoms with E-state index in [0.29, 0.717) is 19.0 Å². The number of hydrogen-bond acceptors (Lipinski definition) is 4. The minimum Gasteiger partial charge on any atom is -0.213 e. The fourth-order valence-electron chi connectivity index (χ4n) is 2.75. The van der Waals surface area contributed by atoms with Crippen molar-refractivity contribution in [1.29, 1.82) is 0 Å². The molecule has 0 aromatic carbocycles. The van der Waals surface area contributed by atoms with E-state index >= 15 is 0 Å². The molecule has 0 bridgehead atoms. The molecule has 0 aromatic heterocycles. The number of hydrogen-bond donors (Lipinski definition) is 0. The SMILES string of the molecule is C[C@@H]1CCCN(S(=O)(=O)N2CCN(S(C)(=O)=O)CC2)C1. The predicted octanol–water partition coefficient (Wildman–Crippen LogP) is -0.460. The van der Waals surface area contributed by atoms with E-state index in [2.05, 4.69) is 6.92 Å². The number of sulfonamides is 1. The van der Waals surface area contributed by atoms with Gasteiger partial charge in [0.25, 0.3) is 10.2 Å². The van der Waals surface area contributed by atoms with E-state index in [9.17, 15) is 16.8 Å². The van der Waals surface area contributed by atoms with E-state index in [0.717, 1.165) is 19.1 Å². The molecule has 2 fully saturated rings. The van der Waals surface area contributed by atoms with Gasteiger partial charge in [-0.1, -0.05) is 6.92 Å². The lowest BCUT2D eigenvalue weighted by atomic mass is 10.0. The van der Waals surface area contributed by atoms with Crippen LogP contribution in [0.4, 0.5) is 0 Å². The summed E-state index contributed by atoms with van der Waals surface area (Å²) >= 11 is 0. The second-order valence-corrected chi connectivity index (χ2v) is 9.59. The van der Waals surface area contributed by atoms with Crippen molar-refractivity contribution < 1.29 is 16.8 Å². The van der Waals surface area contributed by atoms with Gasteiger partial charge < -0.3 is 0 Å². The van der Waals surface area contributed by atoms with Gasteiger partial charge in [-0.05, 0) is 18.8 Å². The molecule has 0 amide bonds. The Morgan fingerprint density at radius 1 is 0.850 bits per heavy atom. The van der Waals surface area contributed by atoms with Gasteiger partial charge in [0.05, 0.1) is 6.26 Å². The zero-order valence-corrected chi connectivity index (χ0v) is 13.7. The lowest BCUT2D eigenvalue weighted by Gasteiger charge is -2.38. The first-order chi connectivity index (χ1) is 9.21. The molecular weight excluding hydrogens is 302 g/mol. The quantitative estimate of drug-likeness (QED) is 0.703. The molecule has 2 saturated heterocycles. The zero-order valence-electron chi connectivity index (χ0n) is 12.0. The topological polar surface area (TPSA) is 78.0 Å². The fraction of sp³-hybridized carbons (Fsp3) is 1.00. The summed E-state index contributed by atoms with van der Waals surface area (Å²) in [7, 11) is -6.67. The highest BCUT2D eigenvalue weighted by Gasteiger charge is 2.35. The average molecular weight is 325 g/mol. The van der Waals surface area contributed by atoms with Crippen LogP contribution >= 0.6 is 0 Å². The van der Waals surface area contributed by atoms with E-state index < -0.39 is 20.2 Å². The molecule has 0 radical (unpaired) electrons. The monoisotopic (exact) mass is 325 g/mol. The molecule has 2 aliphatic rings. The molecule has 7 nitrogen and oxygen atoms in total. The first kappa shape index (κ1) is 16.2. The lowest BCUT2D eigenvalue weighted by molar-refractivity contribution is 0.229. The Bertz CT molecular complexity index is 538. The fourth-order valence-corrected chi connectivity index (χ4v) is 5.33. The number of nitrogens with zero attached hydrogens (tertiary/aromatic N) is 3. The van der Waals surface area contributed by atoms with Crippen molar-refractivity contribution in [3.8, 4) is 0 Å². The highest BCUT2D eigenvalue weighted by molar-refractivity contribution is 7.88. The van der Waals surface area contributed by atoms with Crippen molar-refractivity contribution in [1.82, 2.24) is 12.9 Å². The maximum absolute atomic E-state index is 12.5. The molecule has 0 aliphatic carbocycles. The molecule has 2 rings (SSSR count). The van der Waals surface area contributed by atoms with Crippen LogP contribution in [0, 0.1) is 5.92 Å². The summed E-state index contributed by atoms with van der Waals surface area (Å²) in [5, 5.41) is 0. The van der Waals surface area contributed by atoms with Gasteiger partial charge in [-0.2, -0.15) is 21.3 Å². The molecule has 118 valence electrons. The molecule has 2 heterocycles. The van der Waals surface area contributed by atoms with Crippen molar-refractivity contribution in [3.05, 3.63) is 0 Å². The van der Waals surface area contributed by atoms with Crippen LogP contribution < -0.4 is 0 Å². The summed E-state index contributed by atoms with van der Waals surface area (Å²) in [4.78, 5) is 0. The lowest BCUT2D eigenvalue weighted by Crippen LogP contribution is -2.55. The maximum Gasteiger partial charge on any atom is 0.282 e. The predicted molar refractivity (Wildman–Crippen MR) is 76.9 cm³/mol. The van der Waals surface area contributed by atoms with Crippen LogP contribution in [0.1, 0.15) is 19.8 Å². The van der Waals surface area contributed by atoms with Crippen LogP contribution in [-0.2, 0) is 20.2 Å². The third kappa shape index (κ3) is 3.51. The Morgan fingerprint density at radius 2 is 1.40 bits per heavy atom. The van der Waals surface area contributed by atoms with Crippen molar-refractivity contribution in [3.63, 3.8) is 0 Å². The highest BCUT2D eigenvalue weighted by atomic mass is 32.2. The van der Waals surface area contributed by atoms with Crippen molar-refractivity contribution in [2.45, 2.75) is 19.8 Å². The van der Waals surface area contributed by atoms with Gasteiger partial charge in [0.2, 0.25) is 10.0 Å². The smallest absolute Gasteiger partial charge is 0.213 e. The molecule has 0 N–H and O–H groups in total. The molecule has 20 heavy (non-hydrogen) atoms. The number of piperazine rings is 1. The average Bonchev–Trinajstić information content (AvgIpc) is 2.38. The van der Waals surface area contributed by atoms with Crippen LogP contribution in [0.2, 0.25) is 0 Å². The molecular formula is C11H23N3O4S2. The molecule has 0 saturated carbocycles. The summed E-state index contributed by atoms with van der Waals surface area (Å²) in [6, 6.07) is 0. The zero-order chi connectivity index (χ0) is 15.0. The van der Waals surface area contributed by atoms with Gasteiger partial charge in [0.15, 0.2) is 0 Å². The maximum atomic E-state index is 12.5. The van der Waals surface area contributed by atoms with E-state index in [-0.39, 0.29) is 26.2 Å². The Hall–Kier alpha value is -0.220. The third-order valence-electron chi connectivity index (χ3n) is 3.94. The summed E-state index contributed by atoms with van der Waals surface area (Å²) < 4.78 is 52.2. The summed E-state index contributed by atoms with van der Waals surface area (Å²) in [5.74, 6) is 0.385. The second kappa shape index (κ2) is 5.88. The second-order valence-electron chi connectivity index (χ2n) is 5.67. The van der Waals surface area contributed by atoms with Gasteiger partial charge in [0.1, 0.15) is 0 Å². The first-order valence-electron chi connectivity index (χ1n) is 6.91. The van der Waals surface area contributed by atoms with Crippen molar-refractivity contribution in [2.75, 3.05) is 45.5 Å². The van der Waals surface area contributed by atoms with Crippen LogP contribution in [-0.4, -0.2) is 75.3 Å². The Labute approximate surface area is 121 Å². The summed E-state index contributed by atoms with van der Waals surface area (Å²) in [6.07, 6.45) is 3.11. The molecule has 0 spiro atoms. The Kier molecular flexibility index (Phi) is 4.75. The Balaban J connectivity index is 2.02. The van der Waals surface area contributed by atoms with Crippen LogP contribution in [0.5, 0.6) is 0 Å². The number of rotatable bonds is 3. The van der Waals surface area contributed by atoms with E-state index in [1.54, 1.807) is 0 Å². The van der Waals surface area contributed by atoms with Gasteiger partial charge in [-0.3, -0.25) is 0 Å². The normalized spacial score (nSPS) is 28.6. The van der Waals surface area contributed by atoms with Crippen LogP contribution in [0.15, 0.2) is 0 Å². The molecule has 0 unspecified atom stereocenters. The largest absolute Gasteiger partial charge is 0.282 e. The first-order valence-corrected chi connectivity index (χ1v) is 10.2. The Morgan fingerprint density at radius 3 is 1.90 bits per heavy atom. The van der Waals surface area contributed by atoms with Gasteiger partial charge in [-0.15, -0.1) is 0 Å². The van der Waals surface area contributed by atoms with E-state index in [1.165, 1.54) is 12.9 Å². The number of piperidine rings is 1. The van der Waals surface area contributed by atoms with Crippen molar-refractivity contribution in [2.24, 2.45) is 5.92 Å². The van der Waals surface area contributed by atoms with E-state index in [4.69, 9.17) is 0 Å². The van der Waals surface area contributed by atoms with Crippen molar-refractivity contribution >= 4 is 20.2 Å². The third-order valence-corrected chi connectivity index (χ3v) is 7.24. The standard InChI is InChI=1S/C11H23N3O4S2/c1-11-4-3-5-14(10-11)20(17,18)13-8-6-12(7-9-13)19(2,15)16/h11H,3-10H2,1-2H3/t11-/m1/s1. The summed E-state index contributed by atoms with van der Waals surface area (Å²) in [6.45, 7) is 4.14. The molecule has 2 aliphatic heterocycles. The molecule has 1 atom stereocenters. The van der Waals surface area contributed by atoms with Gasteiger partial charge in [-0.25, -0.2) is 8.42 Å². The van der Waals surface area contributed by atoms with Gasteiger partial charge in [0, 0.05) is 39.3 Å². The molecule has 9 heteroatoms.